The molecule has 6 nitrogen and oxygen atoms in total. The molecule has 1 amide bonds. The number of carbonyl (C=O) groups excluding carboxylic acids is 1. The van der Waals surface area contributed by atoms with E-state index in [1.54, 1.807) is 18.2 Å². The zero-order chi connectivity index (χ0) is 14.3. The molecule has 20 heavy (non-hydrogen) atoms. The van der Waals surface area contributed by atoms with E-state index in [1.807, 2.05) is 4.90 Å². The minimum absolute atomic E-state index is 0.0884. The van der Waals surface area contributed by atoms with Crippen molar-refractivity contribution >= 4 is 27.1 Å². The number of anilines is 1. The van der Waals surface area contributed by atoms with Gasteiger partial charge in [-0.1, -0.05) is 0 Å². The zero-order valence-electron chi connectivity index (χ0n) is 10.9. The SMILES string of the molecule is [NH]c1ccc2c(c1)CC(N1CCS(=O)(=O)CC1)C(=O)N2. The van der Waals surface area contributed by atoms with E-state index in [0.29, 0.717) is 25.2 Å². The Bertz CT molecular complexity index is 643. The van der Waals surface area contributed by atoms with Crippen LogP contribution in [-0.4, -0.2) is 49.9 Å². The fourth-order valence-electron chi connectivity index (χ4n) is 2.73. The highest BCUT2D eigenvalue weighted by atomic mass is 32.2. The first-order valence-corrected chi connectivity index (χ1v) is 8.37. The summed E-state index contributed by atoms with van der Waals surface area (Å²) in [7, 11) is -2.94. The average molecular weight is 294 g/mol. The molecule has 1 aromatic rings. The highest BCUT2D eigenvalue weighted by Crippen LogP contribution is 2.27. The second-order valence-electron chi connectivity index (χ2n) is 5.27. The number of nitrogens with one attached hydrogen (secondary N) is 2. The summed E-state index contributed by atoms with van der Waals surface area (Å²) in [6.45, 7) is 0.798. The molecular formula is C13H16N3O3S. The van der Waals surface area contributed by atoms with Crippen molar-refractivity contribution in [2.45, 2.75) is 12.5 Å². The number of nitrogens with zero attached hydrogens (tertiary/aromatic N) is 1. The third-order valence-electron chi connectivity index (χ3n) is 3.90. The van der Waals surface area contributed by atoms with Crippen LogP contribution >= 0.6 is 0 Å². The minimum Gasteiger partial charge on any atom is -0.324 e. The van der Waals surface area contributed by atoms with E-state index >= 15 is 0 Å². The standard InChI is InChI=1S/C13H16N3O3S/c14-10-1-2-11-9(7-10)8-12(13(17)15-11)16-3-5-20(18,19)6-4-16/h1-2,7,12,14H,3-6,8H2,(H,15,17). The Morgan fingerprint density at radius 3 is 2.65 bits per heavy atom. The monoisotopic (exact) mass is 294 g/mol. The van der Waals surface area contributed by atoms with Gasteiger partial charge in [-0.15, -0.1) is 0 Å². The van der Waals surface area contributed by atoms with E-state index in [2.05, 4.69) is 5.32 Å². The molecule has 2 heterocycles. The second-order valence-corrected chi connectivity index (χ2v) is 7.57. The summed E-state index contributed by atoms with van der Waals surface area (Å²) in [6, 6.07) is 4.81. The van der Waals surface area contributed by atoms with Gasteiger partial charge in [0.05, 0.1) is 23.2 Å². The Morgan fingerprint density at radius 2 is 1.95 bits per heavy atom. The first-order chi connectivity index (χ1) is 9.44. The van der Waals surface area contributed by atoms with Gasteiger partial charge < -0.3 is 11.1 Å². The van der Waals surface area contributed by atoms with Crippen LogP contribution in [0.1, 0.15) is 5.56 Å². The van der Waals surface area contributed by atoms with Crippen LogP contribution in [0, 0.1) is 0 Å². The molecule has 1 fully saturated rings. The maximum absolute atomic E-state index is 12.2. The van der Waals surface area contributed by atoms with Gasteiger partial charge in [0.15, 0.2) is 9.84 Å². The maximum atomic E-state index is 12.2. The smallest absolute Gasteiger partial charge is 0.242 e. The number of rotatable bonds is 1. The Morgan fingerprint density at radius 1 is 1.25 bits per heavy atom. The molecule has 107 valence electrons. The number of amides is 1. The van der Waals surface area contributed by atoms with Crippen LogP contribution in [0.2, 0.25) is 0 Å². The molecule has 2 N–H and O–H groups in total. The van der Waals surface area contributed by atoms with E-state index < -0.39 is 9.84 Å². The minimum atomic E-state index is -2.94. The number of fused-ring (bicyclic) bond motifs is 1. The molecule has 0 aliphatic carbocycles. The van der Waals surface area contributed by atoms with Crippen LogP contribution in [0.3, 0.4) is 0 Å². The van der Waals surface area contributed by atoms with Crippen molar-refractivity contribution in [3.8, 4) is 0 Å². The van der Waals surface area contributed by atoms with Gasteiger partial charge in [0.1, 0.15) is 0 Å². The lowest BCUT2D eigenvalue weighted by atomic mass is 9.97. The quantitative estimate of drug-likeness (QED) is 0.801. The average Bonchev–Trinajstić information content (AvgIpc) is 2.39. The summed E-state index contributed by atoms with van der Waals surface area (Å²) in [6.07, 6.45) is 0.536. The van der Waals surface area contributed by atoms with Crippen LogP contribution in [0.15, 0.2) is 18.2 Å². The fourth-order valence-corrected chi connectivity index (χ4v) is 3.96. The van der Waals surface area contributed by atoms with Gasteiger partial charge in [0.25, 0.3) is 0 Å². The number of hydrogen-bond donors (Lipinski definition) is 1. The molecule has 3 rings (SSSR count). The summed E-state index contributed by atoms with van der Waals surface area (Å²) in [5, 5.41) is 2.84. The van der Waals surface area contributed by atoms with E-state index in [4.69, 9.17) is 5.73 Å². The lowest BCUT2D eigenvalue weighted by Crippen LogP contribution is -2.53. The normalized spacial score (nSPS) is 25.8. The lowest BCUT2D eigenvalue weighted by molar-refractivity contribution is -0.121. The third-order valence-corrected chi connectivity index (χ3v) is 5.51. The summed E-state index contributed by atoms with van der Waals surface area (Å²) >= 11 is 0. The van der Waals surface area contributed by atoms with E-state index in [0.717, 1.165) is 11.3 Å². The van der Waals surface area contributed by atoms with Crippen molar-refractivity contribution in [1.29, 1.82) is 0 Å². The Labute approximate surface area is 117 Å². The second kappa shape index (κ2) is 4.75. The van der Waals surface area contributed by atoms with Crippen LogP contribution in [0.4, 0.5) is 11.4 Å². The molecule has 1 unspecified atom stereocenters. The maximum Gasteiger partial charge on any atom is 0.242 e. The molecule has 1 aromatic carbocycles. The van der Waals surface area contributed by atoms with Crippen LogP contribution in [0.25, 0.3) is 0 Å². The fraction of sp³-hybridized carbons (Fsp3) is 0.462. The van der Waals surface area contributed by atoms with Crippen molar-refractivity contribution in [3.05, 3.63) is 23.8 Å². The molecule has 0 spiro atoms. The van der Waals surface area contributed by atoms with Crippen molar-refractivity contribution < 1.29 is 13.2 Å². The van der Waals surface area contributed by atoms with Gasteiger partial charge in [-0.3, -0.25) is 9.69 Å². The molecule has 1 radical (unpaired) electrons. The lowest BCUT2D eigenvalue weighted by Gasteiger charge is -2.36. The first-order valence-electron chi connectivity index (χ1n) is 6.54. The topological polar surface area (TPSA) is 90.3 Å². The third kappa shape index (κ3) is 2.51. The number of carbonyl (C=O) groups is 1. The predicted molar refractivity (Wildman–Crippen MR) is 75.5 cm³/mol. The molecule has 7 heteroatoms. The molecule has 1 saturated heterocycles. The number of hydrogen-bond acceptors (Lipinski definition) is 4. The van der Waals surface area contributed by atoms with Crippen molar-refractivity contribution in [3.63, 3.8) is 0 Å². The highest BCUT2D eigenvalue weighted by molar-refractivity contribution is 7.91. The molecule has 0 saturated carbocycles. The molecule has 0 bridgehead atoms. The first kappa shape index (κ1) is 13.4. The van der Waals surface area contributed by atoms with Gasteiger partial charge >= 0.3 is 0 Å². The van der Waals surface area contributed by atoms with Gasteiger partial charge in [0, 0.05) is 18.8 Å². The zero-order valence-corrected chi connectivity index (χ0v) is 11.7. The summed E-state index contributed by atoms with van der Waals surface area (Å²) in [4.78, 5) is 14.1. The largest absolute Gasteiger partial charge is 0.324 e. The van der Waals surface area contributed by atoms with Crippen LogP contribution < -0.4 is 11.1 Å². The summed E-state index contributed by atoms with van der Waals surface area (Å²) < 4.78 is 22.9. The van der Waals surface area contributed by atoms with E-state index in [9.17, 15) is 13.2 Å². The Balaban J connectivity index is 1.80. The van der Waals surface area contributed by atoms with Crippen LogP contribution in [0.5, 0.6) is 0 Å². The van der Waals surface area contributed by atoms with Gasteiger partial charge in [0.2, 0.25) is 5.91 Å². The molecular weight excluding hydrogens is 278 g/mol. The highest BCUT2D eigenvalue weighted by Gasteiger charge is 2.34. The predicted octanol–water partition coefficient (Wildman–Crippen LogP) is 0.195. The van der Waals surface area contributed by atoms with Crippen LogP contribution in [-0.2, 0) is 21.1 Å². The number of benzene rings is 1. The molecule has 1 atom stereocenters. The van der Waals surface area contributed by atoms with E-state index in [1.165, 1.54) is 0 Å². The molecule has 0 aromatic heterocycles. The van der Waals surface area contributed by atoms with Crippen molar-refractivity contribution in [2.75, 3.05) is 29.9 Å². The molecule has 2 aliphatic heterocycles. The van der Waals surface area contributed by atoms with Crippen molar-refractivity contribution in [2.24, 2.45) is 0 Å². The Hall–Kier alpha value is -1.60. The van der Waals surface area contributed by atoms with Gasteiger partial charge in [-0.2, -0.15) is 0 Å². The summed E-state index contributed by atoms with van der Waals surface area (Å²) in [5.74, 6) is 0.138. The van der Waals surface area contributed by atoms with Crippen molar-refractivity contribution in [1.82, 2.24) is 10.6 Å². The van der Waals surface area contributed by atoms with Gasteiger partial charge in [-0.05, 0) is 30.2 Å². The number of sulfone groups is 1. The molecule has 2 aliphatic rings. The van der Waals surface area contributed by atoms with Gasteiger partial charge in [-0.25, -0.2) is 8.42 Å². The Kier molecular flexibility index (Phi) is 3.18. The van der Waals surface area contributed by atoms with E-state index in [-0.39, 0.29) is 23.5 Å². The summed E-state index contributed by atoms with van der Waals surface area (Å²) in [5.41, 5.74) is 9.76.